The number of ether oxygens (including phenoxy) is 5. The monoisotopic (exact) mass is 790 g/mol. The topological polar surface area (TPSA) is 250 Å². The molecule has 12 atom stereocenters. The Balaban J connectivity index is 1.53. The van der Waals surface area contributed by atoms with E-state index in [1.807, 2.05) is 0 Å². The maximum absolute atomic E-state index is 14.5. The van der Waals surface area contributed by atoms with Gasteiger partial charge in [0.2, 0.25) is 5.78 Å². The van der Waals surface area contributed by atoms with Gasteiger partial charge in [0, 0.05) is 31.7 Å². The summed E-state index contributed by atoms with van der Waals surface area (Å²) in [4.78, 5) is 67.8. The molecular weight excluding hydrogens is 732 g/mol. The Hall–Kier alpha value is -3.51. The molecule has 1 aromatic rings. The average Bonchev–Trinajstić information content (AvgIpc) is 3.12. The van der Waals surface area contributed by atoms with E-state index in [1.165, 1.54) is 6.92 Å². The van der Waals surface area contributed by atoms with E-state index in [0.29, 0.717) is 5.56 Å². The van der Waals surface area contributed by atoms with E-state index >= 15 is 0 Å². The predicted octanol–water partition coefficient (Wildman–Crippen LogP) is 1.27. The van der Waals surface area contributed by atoms with E-state index in [4.69, 9.17) is 29.4 Å². The van der Waals surface area contributed by atoms with Gasteiger partial charge in [-0.25, -0.2) is 9.59 Å². The van der Waals surface area contributed by atoms with Crippen molar-refractivity contribution in [3.05, 3.63) is 35.9 Å². The molecule has 1 saturated heterocycles. The number of esters is 2. The Kier molecular flexibility index (Phi) is 12.5. The van der Waals surface area contributed by atoms with Crippen LogP contribution in [0.25, 0.3) is 0 Å². The highest BCUT2D eigenvalue weighted by atomic mass is 16.6. The van der Waals surface area contributed by atoms with Crippen molar-refractivity contribution < 1.29 is 68.1 Å². The molecule has 56 heavy (non-hydrogen) atoms. The maximum atomic E-state index is 14.5. The number of carbonyl (C=O) groups is 5. The highest BCUT2D eigenvalue weighted by Crippen LogP contribution is 2.62. The Labute approximate surface area is 326 Å². The maximum Gasteiger partial charge on any atom is 0.408 e. The van der Waals surface area contributed by atoms with Crippen molar-refractivity contribution in [2.45, 2.75) is 128 Å². The number of hydrogen-bond donors (Lipinski definition) is 6. The number of fused-ring (bicyclic) bond motifs is 5. The van der Waals surface area contributed by atoms with Crippen molar-refractivity contribution in [3.8, 4) is 0 Å². The minimum absolute atomic E-state index is 0.0394. The minimum Gasteiger partial charge on any atom is -0.463 e. The zero-order valence-corrected chi connectivity index (χ0v) is 33.2. The van der Waals surface area contributed by atoms with Crippen LogP contribution >= 0.6 is 0 Å². The standard InChI is InChI=1S/C40H58N2O14/c1-21-23-17-24(43)32(46)38(7)26(44)18-27-39(50,20-54-27)31(38)33(47)40(51,37(23,5)6)19-25(21)55-34(48)30(53-16-15-52-28(45)13-14-41)29(22-11-9-8-10-12-22)42-35(49)56-36(2,3)4/h8-12,21,23,25-27,29-31,33,44,47,50-51H,13-20,41H2,1-7H3,(H,42,49). The van der Waals surface area contributed by atoms with Gasteiger partial charge in [-0.15, -0.1) is 0 Å². The number of hydrogen-bond acceptors (Lipinski definition) is 15. The molecule has 0 aromatic heterocycles. The van der Waals surface area contributed by atoms with Gasteiger partial charge in [0.25, 0.3) is 0 Å². The van der Waals surface area contributed by atoms with Gasteiger partial charge in [0.05, 0.1) is 55.0 Å². The minimum atomic E-state index is -2.21. The Morgan fingerprint density at radius 2 is 1.71 bits per heavy atom. The first-order chi connectivity index (χ1) is 26.0. The molecule has 1 amide bonds. The fourth-order valence-corrected chi connectivity index (χ4v) is 9.42. The zero-order valence-electron chi connectivity index (χ0n) is 33.2. The third-order valence-electron chi connectivity index (χ3n) is 12.7. The summed E-state index contributed by atoms with van der Waals surface area (Å²) in [6, 6.07) is 7.20. The molecule has 7 N–H and O–H groups in total. The first-order valence-corrected chi connectivity index (χ1v) is 19.2. The van der Waals surface area contributed by atoms with Gasteiger partial charge in [-0.1, -0.05) is 51.1 Å². The highest BCUT2D eigenvalue weighted by molar-refractivity contribution is 6.39. The van der Waals surface area contributed by atoms with Crippen LogP contribution in [-0.4, -0.2) is 124 Å². The van der Waals surface area contributed by atoms with Crippen LogP contribution in [0.3, 0.4) is 0 Å². The van der Waals surface area contributed by atoms with Gasteiger partial charge in [0.15, 0.2) is 11.9 Å². The molecule has 5 rings (SSSR count). The lowest BCUT2D eigenvalue weighted by Crippen LogP contribution is -2.79. The second-order valence-corrected chi connectivity index (χ2v) is 17.6. The van der Waals surface area contributed by atoms with Crippen LogP contribution in [0.5, 0.6) is 0 Å². The van der Waals surface area contributed by atoms with E-state index in [9.17, 15) is 44.4 Å². The van der Waals surface area contributed by atoms with Crippen LogP contribution in [0.1, 0.15) is 85.8 Å². The first-order valence-electron chi connectivity index (χ1n) is 19.2. The summed E-state index contributed by atoms with van der Waals surface area (Å²) in [6.07, 6.45) is -9.07. The Morgan fingerprint density at radius 1 is 1.05 bits per heavy atom. The van der Waals surface area contributed by atoms with Gasteiger partial charge in [0.1, 0.15) is 23.9 Å². The van der Waals surface area contributed by atoms with Crippen LogP contribution in [0.2, 0.25) is 0 Å². The second-order valence-electron chi connectivity index (χ2n) is 17.6. The number of ketones is 2. The van der Waals surface area contributed by atoms with E-state index in [1.54, 1.807) is 71.9 Å². The number of alkyl carbamates (subject to hydrolysis) is 1. The number of benzene rings is 1. The summed E-state index contributed by atoms with van der Waals surface area (Å²) in [5.41, 5.74) is -2.40. The summed E-state index contributed by atoms with van der Waals surface area (Å²) < 4.78 is 28.5. The van der Waals surface area contributed by atoms with Gasteiger partial charge >= 0.3 is 18.0 Å². The van der Waals surface area contributed by atoms with Crippen LogP contribution < -0.4 is 11.1 Å². The van der Waals surface area contributed by atoms with Crippen molar-refractivity contribution in [1.82, 2.24) is 5.32 Å². The van der Waals surface area contributed by atoms with Gasteiger partial charge in [-0.3, -0.25) is 14.4 Å². The lowest BCUT2D eigenvalue weighted by molar-refractivity contribution is -0.346. The fraction of sp³-hybridized carbons (Fsp3) is 0.725. The summed E-state index contributed by atoms with van der Waals surface area (Å²) in [5.74, 6) is -6.52. The molecule has 312 valence electrons. The molecule has 0 spiro atoms. The Bertz CT molecular complexity index is 1650. The van der Waals surface area contributed by atoms with Crippen LogP contribution in [-0.2, 0) is 42.9 Å². The van der Waals surface area contributed by atoms with Gasteiger partial charge < -0.3 is 55.2 Å². The molecule has 16 heteroatoms. The fourth-order valence-electron chi connectivity index (χ4n) is 9.42. The van der Waals surface area contributed by atoms with Crippen molar-refractivity contribution in [2.75, 3.05) is 26.4 Å². The average molecular weight is 791 g/mol. The highest BCUT2D eigenvalue weighted by Gasteiger charge is 2.74. The summed E-state index contributed by atoms with van der Waals surface area (Å²) in [6.45, 7) is 10.5. The number of nitrogens with one attached hydrogen (secondary N) is 1. The smallest absolute Gasteiger partial charge is 0.408 e. The number of aliphatic hydroxyl groups excluding tert-OH is 2. The van der Waals surface area contributed by atoms with Gasteiger partial charge in [-0.05, 0) is 50.5 Å². The zero-order chi connectivity index (χ0) is 41.6. The van der Waals surface area contributed by atoms with E-state index in [-0.39, 0.29) is 39.2 Å². The van der Waals surface area contributed by atoms with E-state index < -0.39 is 124 Å². The molecule has 1 heterocycles. The lowest BCUT2D eigenvalue weighted by atomic mass is 9.47. The number of carbonyl (C=O) groups excluding carboxylic acids is 5. The first kappa shape index (κ1) is 43.6. The molecule has 3 aliphatic carbocycles. The van der Waals surface area contributed by atoms with Crippen molar-refractivity contribution in [2.24, 2.45) is 34.3 Å². The second kappa shape index (κ2) is 16.0. The number of amides is 1. The van der Waals surface area contributed by atoms with Crippen molar-refractivity contribution in [1.29, 1.82) is 0 Å². The molecule has 0 radical (unpaired) electrons. The molecule has 2 bridgehead atoms. The predicted molar refractivity (Wildman–Crippen MR) is 196 cm³/mol. The van der Waals surface area contributed by atoms with Crippen LogP contribution in [0, 0.1) is 28.6 Å². The quantitative estimate of drug-likeness (QED) is 0.0800. The molecule has 3 saturated carbocycles. The molecular formula is C40H58N2O14. The van der Waals surface area contributed by atoms with E-state index in [2.05, 4.69) is 5.32 Å². The normalized spacial score (nSPS) is 36.2. The molecule has 1 aromatic carbocycles. The molecule has 12 unspecified atom stereocenters. The summed E-state index contributed by atoms with van der Waals surface area (Å²) in [7, 11) is 0. The number of nitrogens with two attached hydrogens (primary N) is 1. The number of rotatable bonds is 11. The van der Waals surface area contributed by atoms with Crippen molar-refractivity contribution >= 4 is 29.6 Å². The SMILES string of the molecule is CC1C(OC(=O)C(OCCOC(=O)CCN)C(NC(=O)OC(C)(C)C)c2ccccc2)CC2(O)C(O)C3C4(O)COC4CC(O)C3(C)C(=O)C(=O)CC1C2(C)C. The van der Waals surface area contributed by atoms with Gasteiger partial charge in [-0.2, -0.15) is 0 Å². The van der Waals surface area contributed by atoms with Crippen molar-refractivity contribution in [3.63, 3.8) is 0 Å². The number of aliphatic hydroxyl groups is 4. The molecule has 4 fully saturated rings. The largest absolute Gasteiger partial charge is 0.463 e. The number of Topliss-reactive ketones (excluding diaryl/α,β-unsaturated/α-hetero) is 2. The summed E-state index contributed by atoms with van der Waals surface area (Å²) in [5, 5.41) is 51.2. The van der Waals surface area contributed by atoms with Crippen LogP contribution in [0.15, 0.2) is 30.3 Å². The summed E-state index contributed by atoms with van der Waals surface area (Å²) >= 11 is 0. The molecule has 4 aliphatic rings. The van der Waals surface area contributed by atoms with Crippen LogP contribution in [0.4, 0.5) is 4.79 Å². The molecule has 16 nitrogen and oxygen atoms in total. The lowest BCUT2D eigenvalue weighted by Gasteiger charge is -2.64. The third-order valence-corrected chi connectivity index (χ3v) is 12.7. The Morgan fingerprint density at radius 3 is 2.30 bits per heavy atom. The van der Waals surface area contributed by atoms with E-state index in [0.717, 1.165) is 0 Å². The third kappa shape index (κ3) is 7.85. The molecule has 1 aliphatic heterocycles.